The van der Waals surface area contributed by atoms with Gasteiger partial charge in [0.1, 0.15) is 0 Å². The van der Waals surface area contributed by atoms with Crippen LogP contribution in [0.1, 0.15) is 48.3 Å². The van der Waals surface area contributed by atoms with Gasteiger partial charge < -0.3 is 9.67 Å². The van der Waals surface area contributed by atoms with Crippen LogP contribution in [0.3, 0.4) is 0 Å². The molecule has 0 aliphatic rings. The molecule has 3 nitrogen and oxygen atoms in total. The molecule has 0 fully saturated rings. The van der Waals surface area contributed by atoms with Crippen LogP contribution in [0.5, 0.6) is 0 Å². The molecule has 0 aliphatic carbocycles. The molecular formula is C15H19NO2. The smallest absolute Gasteiger partial charge is 0.335 e. The number of hydrogen-bond donors (Lipinski definition) is 1. The Morgan fingerprint density at radius 3 is 2.50 bits per heavy atom. The van der Waals surface area contributed by atoms with Gasteiger partial charge in [0.05, 0.1) is 11.1 Å². The van der Waals surface area contributed by atoms with Crippen LogP contribution in [0, 0.1) is 6.92 Å². The van der Waals surface area contributed by atoms with E-state index in [1.165, 1.54) is 11.2 Å². The van der Waals surface area contributed by atoms with Crippen molar-refractivity contribution < 1.29 is 9.90 Å². The molecule has 1 aromatic carbocycles. The van der Waals surface area contributed by atoms with Crippen LogP contribution < -0.4 is 0 Å². The Morgan fingerprint density at radius 1 is 1.33 bits per heavy atom. The maximum absolute atomic E-state index is 11.2. The normalized spacial score (nSPS) is 11.4. The van der Waals surface area contributed by atoms with Gasteiger partial charge in [0.25, 0.3) is 0 Å². The molecule has 0 aliphatic heterocycles. The van der Waals surface area contributed by atoms with E-state index < -0.39 is 5.97 Å². The number of carbonyl (C=O) groups is 1. The molecule has 0 radical (unpaired) electrons. The summed E-state index contributed by atoms with van der Waals surface area (Å²) in [5.74, 6) is -0.549. The van der Waals surface area contributed by atoms with Gasteiger partial charge in [-0.2, -0.15) is 0 Å². The van der Waals surface area contributed by atoms with Gasteiger partial charge >= 0.3 is 5.97 Å². The van der Waals surface area contributed by atoms with E-state index in [2.05, 4.69) is 38.3 Å². The van der Waals surface area contributed by atoms with Crippen molar-refractivity contribution in [2.24, 2.45) is 0 Å². The summed E-state index contributed by atoms with van der Waals surface area (Å²) in [5, 5.41) is 10.2. The second kappa shape index (κ2) is 4.48. The lowest BCUT2D eigenvalue weighted by molar-refractivity contribution is 0.0697. The molecule has 2 rings (SSSR count). The first-order valence-corrected chi connectivity index (χ1v) is 6.32. The van der Waals surface area contributed by atoms with Crippen molar-refractivity contribution in [3.63, 3.8) is 0 Å². The quantitative estimate of drug-likeness (QED) is 0.893. The highest BCUT2D eigenvalue weighted by atomic mass is 16.4. The maximum Gasteiger partial charge on any atom is 0.335 e. The number of carboxylic acids is 1. The van der Waals surface area contributed by atoms with Crippen LogP contribution in [0.2, 0.25) is 0 Å². The van der Waals surface area contributed by atoms with Crippen LogP contribution in [-0.4, -0.2) is 15.6 Å². The summed E-state index contributed by atoms with van der Waals surface area (Å²) in [6.45, 7) is 9.28. The third-order valence-corrected chi connectivity index (χ3v) is 3.41. The third kappa shape index (κ3) is 1.90. The van der Waals surface area contributed by atoms with Gasteiger partial charge in [0.15, 0.2) is 0 Å². The zero-order chi connectivity index (χ0) is 13.4. The maximum atomic E-state index is 11.2. The highest BCUT2D eigenvalue weighted by Gasteiger charge is 2.15. The first-order chi connectivity index (χ1) is 8.45. The lowest BCUT2D eigenvalue weighted by Gasteiger charge is -2.13. The number of aromatic carboxylic acids is 1. The number of nitrogens with zero attached hydrogens (tertiary/aromatic N) is 1. The average Bonchev–Trinajstić information content (AvgIpc) is 2.62. The van der Waals surface area contributed by atoms with Gasteiger partial charge in [-0.15, -0.1) is 0 Å². The van der Waals surface area contributed by atoms with Crippen LogP contribution in [0.25, 0.3) is 10.9 Å². The monoisotopic (exact) mass is 245 g/mol. The fourth-order valence-corrected chi connectivity index (χ4v) is 2.55. The number of carboxylic acid groups (broad SMARTS) is 1. The van der Waals surface area contributed by atoms with Crippen LogP contribution >= 0.6 is 0 Å². The van der Waals surface area contributed by atoms with Gasteiger partial charge in [-0.05, 0) is 43.5 Å². The standard InChI is InChI=1S/C15H19NO2/c1-5-16-10(4)6-11-7-12(15(17)18)8-13(9(2)3)14(11)16/h6-9H,5H2,1-4H3,(H,17,18). The highest BCUT2D eigenvalue weighted by molar-refractivity contribution is 5.95. The number of aryl methyl sites for hydroxylation is 2. The van der Waals surface area contributed by atoms with E-state index in [1.807, 2.05) is 0 Å². The minimum atomic E-state index is -0.860. The molecule has 18 heavy (non-hydrogen) atoms. The summed E-state index contributed by atoms with van der Waals surface area (Å²) in [7, 11) is 0. The van der Waals surface area contributed by atoms with Crippen molar-refractivity contribution in [2.75, 3.05) is 0 Å². The summed E-state index contributed by atoms with van der Waals surface area (Å²) in [5.41, 5.74) is 3.84. The summed E-state index contributed by atoms with van der Waals surface area (Å²) in [4.78, 5) is 11.2. The molecule has 0 unspecified atom stereocenters. The molecule has 0 bridgehead atoms. The second-order valence-corrected chi connectivity index (χ2v) is 4.99. The second-order valence-electron chi connectivity index (χ2n) is 4.99. The summed E-state index contributed by atoms with van der Waals surface area (Å²) < 4.78 is 2.25. The number of benzene rings is 1. The number of fused-ring (bicyclic) bond motifs is 1. The molecular weight excluding hydrogens is 226 g/mol. The zero-order valence-electron chi connectivity index (χ0n) is 11.3. The SMILES string of the molecule is CCn1c(C)cc2cc(C(=O)O)cc(C(C)C)c21. The fraction of sp³-hybridized carbons (Fsp3) is 0.400. The van der Waals surface area contributed by atoms with Crippen LogP contribution in [0.4, 0.5) is 0 Å². The zero-order valence-corrected chi connectivity index (χ0v) is 11.3. The predicted octanol–water partition coefficient (Wildman–Crippen LogP) is 3.79. The highest BCUT2D eigenvalue weighted by Crippen LogP contribution is 2.30. The van der Waals surface area contributed by atoms with Gasteiger partial charge in [0, 0.05) is 17.6 Å². The Labute approximate surface area is 107 Å². The summed E-state index contributed by atoms with van der Waals surface area (Å²) >= 11 is 0. The molecule has 0 saturated carbocycles. The number of aromatic nitrogens is 1. The predicted molar refractivity (Wildman–Crippen MR) is 73.4 cm³/mol. The molecule has 0 saturated heterocycles. The van der Waals surface area contributed by atoms with E-state index in [1.54, 1.807) is 12.1 Å². The van der Waals surface area contributed by atoms with Crippen LogP contribution in [-0.2, 0) is 6.54 Å². The van der Waals surface area contributed by atoms with E-state index in [0.29, 0.717) is 11.5 Å². The van der Waals surface area contributed by atoms with E-state index in [-0.39, 0.29) is 0 Å². The molecule has 0 spiro atoms. The largest absolute Gasteiger partial charge is 0.478 e. The Balaban J connectivity index is 2.85. The van der Waals surface area contributed by atoms with Crippen molar-refractivity contribution in [3.8, 4) is 0 Å². The van der Waals surface area contributed by atoms with Crippen molar-refractivity contribution in [1.29, 1.82) is 0 Å². The van der Waals surface area contributed by atoms with E-state index in [9.17, 15) is 9.90 Å². The molecule has 0 atom stereocenters. The lowest BCUT2D eigenvalue weighted by Crippen LogP contribution is -2.03. The Bertz CT molecular complexity index is 608. The van der Waals surface area contributed by atoms with Gasteiger partial charge in [-0.25, -0.2) is 4.79 Å². The Morgan fingerprint density at radius 2 is 2.00 bits per heavy atom. The number of rotatable bonds is 3. The minimum absolute atomic E-state index is 0.311. The molecule has 0 amide bonds. The van der Waals surface area contributed by atoms with E-state index in [4.69, 9.17) is 0 Å². The van der Waals surface area contributed by atoms with Crippen LogP contribution in [0.15, 0.2) is 18.2 Å². The lowest BCUT2D eigenvalue weighted by atomic mass is 9.97. The molecule has 96 valence electrons. The average molecular weight is 245 g/mol. The molecule has 1 heterocycles. The molecule has 2 aromatic rings. The van der Waals surface area contributed by atoms with E-state index in [0.717, 1.165) is 17.5 Å². The third-order valence-electron chi connectivity index (χ3n) is 3.41. The van der Waals surface area contributed by atoms with E-state index >= 15 is 0 Å². The van der Waals surface area contributed by atoms with Crippen molar-refractivity contribution >= 4 is 16.9 Å². The topological polar surface area (TPSA) is 42.2 Å². The molecule has 1 N–H and O–H groups in total. The Hall–Kier alpha value is -1.77. The molecule has 3 heteroatoms. The first-order valence-electron chi connectivity index (χ1n) is 6.32. The van der Waals surface area contributed by atoms with Crippen molar-refractivity contribution in [3.05, 3.63) is 35.0 Å². The minimum Gasteiger partial charge on any atom is -0.478 e. The van der Waals surface area contributed by atoms with Gasteiger partial charge in [-0.1, -0.05) is 13.8 Å². The van der Waals surface area contributed by atoms with Gasteiger partial charge in [-0.3, -0.25) is 0 Å². The van der Waals surface area contributed by atoms with Gasteiger partial charge in [0.2, 0.25) is 0 Å². The molecule has 1 aromatic heterocycles. The Kier molecular flexibility index (Phi) is 3.16. The van der Waals surface area contributed by atoms with Crippen molar-refractivity contribution in [2.45, 2.75) is 40.2 Å². The summed E-state index contributed by atoms with van der Waals surface area (Å²) in [6.07, 6.45) is 0. The summed E-state index contributed by atoms with van der Waals surface area (Å²) in [6, 6.07) is 5.64. The fourth-order valence-electron chi connectivity index (χ4n) is 2.55. The number of hydrogen-bond acceptors (Lipinski definition) is 1. The van der Waals surface area contributed by atoms with Crippen molar-refractivity contribution in [1.82, 2.24) is 4.57 Å². The first kappa shape index (κ1) is 12.7.